The van der Waals surface area contributed by atoms with E-state index in [1.54, 1.807) is 6.20 Å². The monoisotopic (exact) mass is 422 g/mol. The Bertz CT molecular complexity index is 968. The number of nitrogens with two attached hydrogens (primary N) is 1. The lowest BCUT2D eigenvalue weighted by Gasteiger charge is -2.53. The van der Waals surface area contributed by atoms with E-state index in [0.29, 0.717) is 12.3 Å². The fourth-order valence-corrected chi connectivity index (χ4v) is 5.85. The van der Waals surface area contributed by atoms with Crippen LogP contribution in [-0.2, 0) is 14.9 Å². The first-order valence-electron chi connectivity index (χ1n) is 11.0. The van der Waals surface area contributed by atoms with Crippen molar-refractivity contribution in [3.63, 3.8) is 0 Å². The highest BCUT2D eigenvalue weighted by Gasteiger charge is 2.50. The number of benzene rings is 1. The van der Waals surface area contributed by atoms with Crippen LogP contribution >= 0.6 is 0 Å². The quantitative estimate of drug-likeness (QED) is 0.706. The summed E-state index contributed by atoms with van der Waals surface area (Å²) < 4.78 is 5.55. The molecule has 1 aromatic carbocycles. The number of anilines is 1. The van der Waals surface area contributed by atoms with Crippen molar-refractivity contribution in [2.24, 2.45) is 16.3 Å². The molecule has 0 amide bonds. The first-order valence-corrected chi connectivity index (χ1v) is 11.0. The first-order chi connectivity index (χ1) is 14.7. The highest BCUT2D eigenvalue weighted by atomic mass is 16.5. The van der Waals surface area contributed by atoms with Crippen LogP contribution in [0.15, 0.2) is 53.6 Å². The molecular formula is C24H30N4O3. The lowest BCUT2D eigenvalue weighted by atomic mass is 9.51. The van der Waals surface area contributed by atoms with Gasteiger partial charge >= 0.3 is 5.97 Å². The van der Waals surface area contributed by atoms with E-state index in [4.69, 9.17) is 15.6 Å². The van der Waals surface area contributed by atoms with E-state index in [1.807, 2.05) is 20.0 Å². The van der Waals surface area contributed by atoms with Crippen molar-refractivity contribution in [3.8, 4) is 0 Å². The summed E-state index contributed by atoms with van der Waals surface area (Å²) in [7, 11) is 0. The minimum absolute atomic E-state index is 0.0257. The number of ether oxygens (including phenoxy) is 1. The molecule has 3 N–H and O–H groups in total. The molecule has 3 aliphatic carbocycles. The molecule has 164 valence electrons. The van der Waals surface area contributed by atoms with Gasteiger partial charge in [-0.3, -0.25) is 9.80 Å². The van der Waals surface area contributed by atoms with E-state index in [0.717, 1.165) is 49.9 Å². The minimum atomic E-state index is -0.655. The van der Waals surface area contributed by atoms with Gasteiger partial charge in [-0.1, -0.05) is 12.1 Å². The van der Waals surface area contributed by atoms with Crippen molar-refractivity contribution in [2.75, 3.05) is 4.90 Å². The van der Waals surface area contributed by atoms with Gasteiger partial charge < -0.3 is 14.7 Å². The third-order valence-corrected chi connectivity index (χ3v) is 7.80. The Kier molecular flexibility index (Phi) is 4.45. The van der Waals surface area contributed by atoms with Crippen molar-refractivity contribution in [3.05, 3.63) is 54.2 Å². The maximum Gasteiger partial charge on any atom is 0.303 e. The summed E-state index contributed by atoms with van der Waals surface area (Å²) in [6.07, 6.45) is 11.8. The maximum atomic E-state index is 11.3. The Morgan fingerprint density at radius 1 is 1.13 bits per heavy atom. The lowest BCUT2D eigenvalue weighted by molar-refractivity contribution is -0.142. The normalized spacial score (nSPS) is 30.9. The standard InChI is InChI=1S/C24H30N4O3/c1-22(2)26-21-19(28(25)13-14-31-21)16-27(22)18-5-3-17(4-6-18)24-10-7-23(8-11-24,9-12-24)15-20(29)30/h3-6,13-14,16H,7-12,15,25H2,1-2H3,(H,29,30). The topological polar surface area (TPSA) is 91.4 Å². The third kappa shape index (κ3) is 3.31. The zero-order valence-corrected chi connectivity index (χ0v) is 18.2. The number of aliphatic imine (C=N–C) groups is 1. The van der Waals surface area contributed by atoms with E-state index in [9.17, 15) is 9.90 Å². The molecule has 5 aliphatic rings. The van der Waals surface area contributed by atoms with Crippen molar-refractivity contribution < 1.29 is 14.6 Å². The summed E-state index contributed by atoms with van der Waals surface area (Å²) >= 11 is 0. The van der Waals surface area contributed by atoms with Crippen molar-refractivity contribution in [1.29, 1.82) is 0 Å². The zero-order chi connectivity index (χ0) is 21.9. The molecule has 0 spiro atoms. The molecule has 0 aromatic heterocycles. The second kappa shape index (κ2) is 6.85. The van der Waals surface area contributed by atoms with Crippen LogP contribution in [0.5, 0.6) is 0 Å². The highest BCUT2D eigenvalue weighted by molar-refractivity contribution is 5.96. The number of hydrazine groups is 1. The minimum Gasteiger partial charge on any atom is -0.481 e. The summed E-state index contributed by atoms with van der Waals surface area (Å²) in [4.78, 5) is 18.2. The second-order valence-electron chi connectivity index (χ2n) is 10.0. The van der Waals surface area contributed by atoms with E-state index >= 15 is 0 Å². The Morgan fingerprint density at radius 3 is 2.39 bits per heavy atom. The molecule has 7 heteroatoms. The molecule has 6 rings (SSSR count). The van der Waals surface area contributed by atoms with Gasteiger partial charge in [-0.15, -0.1) is 0 Å². The molecule has 0 unspecified atom stereocenters. The first kappa shape index (κ1) is 20.1. The van der Waals surface area contributed by atoms with Gasteiger partial charge in [-0.05, 0) is 80.9 Å². The summed E-state index contributed by atoms with van der Waals surface area (Å²) in [5, 5.41) is 10.8. The predicted molar refractivity (Wildman–Crippen MR) is 119 cm³/mol. The maximum absolute atomic E-state index is 11.3. The Balaban J connectivity index is 1.38. The summed E-state index contributed by atoms with van der Waals surface area (Å²) in [5.74, 6) is 5.94. The molecule has 2 bridgehead atoms. The molecule has 1 aromatic rings. The number of fused-ring (bicyclic) bond motifs is 4. The van der Waals surface area contributed by atoms with E-state index in [2.05, 4.69) is 29.2 Å². The molecule has 0 saturated heterocycles. The second-order valence-corrected chi connectivity index (χ2v) is 10.0. The van der Waals surface area contributed by atoms with Crippen molar-refractivity contribution in [2.45, 2.75) is 69.9 Å². The van der Waals surface area contributed by atoms with Gasteiger partial charge in [0, 0.05) is 11.9 Å². The number of nitrogens with zero attached hydrogens (tertiary/aromatic N) is 3. The number of carbonyl (C=O) groups is 1. The number of hydrogen-bond acceptors (Lipinski definition) is 6. The summed E-state index contributed by atoms with van der Waals surface area (Å²) in [5.41, 5.74) is 2.86. The largest absolute Gasteiger partial charge is 0.481 e. The average molecular weight is 423 g/mol. The van der Waals surface area contributed by atoms with Crippen LogP contribution in [0, 0.1) is 5.41 Å². The molecule has 31 heavy (non-hydrogen) atoms. The molecule has 0 radical (unpaired) electrons. The van der Waals surface area contributed by atoms with Crippen LogP contribution in [0.3, 0.4) is 0 Å². The van der Waals surface area contributed by atoms with Gasteiger partial charge in [0.15, 0.2) is 0 Å². The fraction of sp³-hybridized carbons (Fsp3) is 0.500. The number of carboxylic acid groups (broad SMARTS) is 1. The van der Waals surface area contributed by atoms with E-state index in [-0.39, 0.29) is 10.8 Å². The zero-order valence-electron chi connectivity index (χ0n) is 18.2. The molecule has 3 saturated carbocycles. The molecule has 7 nitrogen and oxygen atoms in total. The SMILES string of the molecule is CC1(C)N=C2OC=CN(N)C2=CN1c1ccc(C23CCC(CC(=O)O)(CC2)CC3)cc1. The molecule has 2 heterocycles. The van der Waals surface area contributed by atoms with Gasteiger partial charge in [0.05, 0.1) is 12.6 Å². The third-order valence-electron chi connectivity index (χ3n) is 7.80. The highest BCUT2D eigenvalue weighted by Crippen LogP contribution is 2.59. The van der Waals surface area contributed by atoms with Gasteiger partial charge in [-0.2, -0.15) is 0 Å². The van der Waals surface area contributed by atoms with Gasteiger partial charge in [0.25, 0.3) is 0 Å². The molecular weight excluding hydrogens is 392 g/mol. The number of hydrogen-bond donors (Lipinski definition) is 2. The lowest BCUT2D eigenvalue weighted by Crippen LogP contribution is -2.47. The van der Waals surface area contributed by atoms with Crippen LogP contribution < -0.4 is 10.7 Å². The molecule has 2 aliphatic heterocycles. The van der Waals surface area contributed by atoms with Crippen LogP contribution in [0.25, 0.3) is 0 Å². The van der Waals surface area contributed by atoms with E-state index in [1.165, 1.54) is 16.8 Å². The van der Waals surface area contributed by atoms with Gasteiger partial charge in [0.1, 0.15) is 17.6 Å². The number of rotatable bonds is 4. The van der Waals surface area contributed by atoms with Crippen molar-refractivity contribution >= 4 is 17.6 Å². The Labute approximate surface area is 182 Å². The summed E-state index contributed by atoms with van der Waals surface area (Å²) in [6.45, 7) is 4.10. The molecule has 0 atom stereocenters. The van der Waals surface area contributed by atoms with Crippen LogP contribution in [0.1, 0.15) is 64.4 Å². The Hall–Kier alpha value is -2.80. The van der Waals surface area contributed by atoms with Crippen LogP contribution in [0.2, 0.25) is 0 Å². The predicted octanol–water partition coefficient (Wildman–Crippen LogP) is 4.23. The summed E-state index contributed by atoms with van der Waals surface area (Å²) in [6, 6.07) is 8.82. The molecule has 3 fully saturated rings. The van der Waals surface area contributed by atoms with Crippen molar-refractivity contribution in [1.82, 2.24) is 5.01 Å². The Morgan fingerprint density at radius 2 is 1.77 bits per heavy atom. The fourth-order valence-electron chi connectivity index (χ4n) is 5.85. The van der Waals surface area contributed by atoms with Crippen LogP contribution in [-0.4, -0.2) is 27.6 Å². The van der Waals surface area contributed by atoms with Crippen LogP contribution in [0.4, 0.5) is 5.69 Å². The van der Waals surface area contributed by atoms with Gasteiger partial charge in [-0.25, -0.2) is 10.8 Å². The number of aliphatic carboxylic acids is 1. The average Bonchev–Trinajstić information content (AvgIpc) is 2.74. The van der Waals surface area contributed by atoms with E-state index < -0.39 is 11.6 Å². The smallest absolute Gasteiger partial charge is 0.303 e. The number of carboxylic acids is 1. The van der Waals surface area contributed by atoms with Gasteiger partial charge in [0.2, 0.25) is 5.90 Å².